The van der Waals surface area contributed by atoms with Crippen LogP contribution in [0.25, 0.3) is 0 Å². The second-order valence-electron chi connectivity index (χ2n) is 3.72. The zero-order valence-corrected chi connectivity index (χ0v) is 9.29. The Morgan fingerprint density at radius 2 is 2.00 bits per heavy atom. The van der Waals surface area contributed by atoms with Gasteiger partial charge in [0.1, 0.15) is 0 Å². The van der Waals surface area contributed by atoms with Crippen LogP contribution in [0.4, 0.5) is 0 Å². The minimum Gasteiger partial charge on any atom is -0.294 e. The molecule has 1 aromatic carbocycles. The van der Waals surface area contributed by atoms with E-state index in [9.17, 15) is 4.79 Å². The molecule has 1 rings (SSSR count). The van der Waals surface area contributed by atoms with Crippen molar-refractivity contribution in [2.75, 3.05) is 0 Å². The number of hydrazine groups is 1. The van der Waals surface area contributed by atoms with E-state index in [1.54, 1.807) is 0 Å². The van der Waals surface area contributed by atoms with E-state index in [1.807, 2.05) is 19.1 Å². The van der Waals surface area contributed by atoms with Gasteiger partial charge in [-0.3, -0.25) is 10.2 Å². The number of carbonyl (C=O) groups excluding carboxylic acids is 1. The Hall–Kier alpha value is -1.35. The van der Waals surface area contributed by atoms with Crippen LogP contribution in [0.3, 0.4) is 0 Å². The zero-order chi connectivity index (χ0) is 11.3. The Bertz CT molecular complexity index is 319. The second-order valence-corrected chi connectivity index (χ2v) is 3.72. The minimum absolute atomic E-state index is 0.154. The lowest BCUT2D eigenvalue weighted by atomic mass is 9.98. The van der Waals surface area contributed by atoms with Crippen molar-refractivity contribution in [1.29, 1.82) is 0 Å². The molecule has 3 N–H and O–H groups in total. The van der Waals surface area contributed by atoms with E-state index in [0.717, 1.165) is 18.4 Å². The molecule has 0 bridgehead atoms. The van der Waals surface area contributed by atoms with Gasteiger partial charge >= 0.3 is 0 Å². The lowest BCUT2D eigenvalue weighted by Gasteiger charge is -2.10. The fourth-order valence-corrected chi connectivity index (χ4v) is 1.54. The van der Waals surface area contributed by atoms with Crippen LogP contribution in [0.1, 0.15) is 37.3 Å². The highest BCUT2D eigenvalue weighted by Crippen LogP contribution is 2.16. The Kier molecular flexibility index (Phi) is 4.31. The maximum Gasteiger partial charge on any atom is 0.241 e. The fraction of sp³-hybridized carbons (Fsp3) is 0.417. The molecule has 1 unspecified atom stereocenters. The normalized spacial score (nSPS) is 12.2. The average molecular weight is 206 g/mol. The first-order valence-electron chi connectivity index (χ1n) is 5.28. The van der Waals surface area contributed by atoms with Gasteiger partial charge in [-0.05, 0) is 24.5 Å². The van der Waals surface area contributed by atoms with Gasteiger partial charge in [-0.15, -0.1) is 0 Å². The highest BCUT2D eigenvalue weighted by molar-refractivity contribution is 5.82. The van der Waals surface area contributed by atoms with Crippen LogP contribution >= 0.6 is 0 Å². The van der Waals surface area contributed by atoms with E-state index in [-0.39, 0.29) is 11.8 Å². The molecule has 0 fully saturated rings. The number of nitrogens with two attached hydrogens (primary N) is 1. The first kappa shape index (κ1) is 11.7. The van der Waals surface area contributed by atoms with E-state index in [0.29, 0.717) is 0 Å². The number of carbonyl (C=O) groups is 1. The molecule has 1 amide bonds. The minimum atomic E-state index is -0.189. The molecule has 0 aliphatic heterocycles. The topological polar surface area (TPSA) is 55.1 Å². The predicted molar refractivity (Wildman–Crippen MR) is 61.2 cm³/mol. The van der Waals surface area contributed by atoms with Crippen molar-refractivity contribution in [2.45, 2.75) is 32.6 Å². The maximum atomic E-state index is 11.3. The summed E-state index contributed by atoms with van der Waals surface area (Å²) in [5.74, 6) is 4.74. The molecule has 3 heteroatoms. The first-order valence-corrected chi connectivity index (χ1v) is 5.28. The second kappa shape index (κ2) is 5.51. The summed E-state index contributed by atoms with van der Waals surface area (Å²) in [4.78, 5) is 11.3. The van der Waals surface area contributed by atoms with Gasteiger partial charge in [0.2, 0.25) is 5.91 Å². The number of amides is 1. The largest absolute Gasteiger partial charge is 0.294 e. The van der Waals surface area contributed by atoms with Crippen LogP contribution in [-0.2, 0) is 11.2 Å². The molecule has 0 heterocycles. The molecule has 0 saturated heterocycles. The van der Waals surface area contributed by atoms with Crippen molar-refractivity contribution in [3.63, 3.8) is 0 Å². The predicted octanol–water partition coefficient (Wildman–Crippen LogP) is 1.73. The van der Waals surface area contributed by atoms with Crippen molar-refractivity contribution in [3.05, 3.63) is 35.4 Å². The monoisotopic (exact) mass is 206 g/mol. The lowest BCUT2D eigenvalue weighted by Crippen LogP contribution is -2.33. The molecule has 0 aliphatic carbocycles. The van der Waals surface area contributed by atoms with Gasteiger partial charge in [0.15, 0.2) is 0 Å². The lowest BCUT2D eigenvalue weighted by molar-refractivity contribution is -0.122. The van der Waals surface area contributed by atoms with Crippen LogP contribution in [0.2, 0.25) is 0 Å². The number of rotatable bonds is 4. The van der Waals surface area contributed by atoms with Gasteiger partial charge in [-0.1, -0.05) is 37.6 Å². The third-order valence-corrected chi connectivity index (χ3v) is 2.55. The number of aryl methyl sites for hydroxylation is 1. The van der Waals surface area contributed by atoms with Crippen molar-refractivity contribution >= 4 is 5.91 Å². The maximum absolute atomic E-state index is 11.3. The Balaban J connectivity index is 2.75. The molecular formula is C12H18N2O. The van der Waals surface area contributed by atoms with E-state index in [2.05, 4.69) is 24.5 Å². The fourth-order valence-electron chi connectivity index (χ4n) is 1.54. The van der Waals surface area contributed by atoms with Crippen molar-refractivity contribution in [3.8, 4) is 0 Å². The smallest absolute Gasteiger partial charge is 0.241 e. The quantitative estimate of drug-likeness (QED) is 0.448. The summed E-state index contributed by atoms with van der Waals surface area (Å²) in [6.07, 6.45) is 2.22. The summed E-state index contributed by atoms with van der Waals surface area (Å²) >= 11 is 0. The molecule has 0 saturated carbocycles. The SMILES string of the molecule is CCCc1ccc(C(C)C(=O)NN)cc1. The van der Waals surface area contributed by atoms with Gasteiger partial charge in [-0.2, -0.15) is 0 Å². The molecule has 1 aromatic rings. The number of hydrogen-bond acceptors (Lipinski definition) is 2. The molecular weight excluding hydrogens is 188 g/mol. The first-order chi connectivity index (χ1) is 7.19. The molecule has 0 aromatic heterocycles. The van der Waals surface area contributed by atoms with Crippen LogP contribution < -0.4 is 11.3 Å². The summed E-state index contributed by atoms with van der Waals surface area (Å²) in [6, 6.07) is 8.12. The summed E-state index contributed by atoms with van der Waals surface area (Å²) in [7, 11) is 0. The zero-order valence-electron chi connectivity index (χ0n) is 9.29. The third kappa shape index (κ3) is 3.06. The Morgan fingerprint density at radius 3 is 2.47 bits per heavy atom. The van der Waals surface area contributed by atoms with Gasteiger partial charge < -0.3 is 0 Å². The van der Waals surface area contributed by atoms with Crippen LogP contribution in [-0.4, -0.2) is 5.91 Å². The molecule has 3 nitrogen and oxygen atoms in total. The van der Waals surface area contributed by atoms with Crippen molar-refractivity contribution < 1.29 is 4.79 Å². The highest BCUT2D eigenvalue weighted by atomic mass is 16.2. The summed E-state index contributed by atoms with van der Waals surface area (Å²) in [6.45, 7) is 4.00. The van der Waals surface area contributed by atoms with Gasteiger partial charge in [-0.25, -0.2) is 5.84 Å². The van der Waals surface area contributed by atoms with E-state index < -0.39 is 0 Å². The van der Waals surface area contributed by atoms with Crippen LogP contribution in [0.5, 0.6) is 0 Å². The summed E-state index contributed by atoms with van der Waals surface area (Å²) in [5, 5.41) is 0. The number of hydrogen-bond donors (Lipinski definition) is 2. The molecule has 0 radical (unpaired) electrons. The van der Waals surface area contributed by atoms with E-state index >= 15 is 0 Å². The number of benzene rings is 1. The molecule has 0 aliphatic rings. The summed E-state index contributed by atoms with van der Waals surface area (Å²) in [5.41, 5.74) is 4.47. The highest BCUT2D eigenvalue weighted by Gasteiger charge is 2.13. The Labute approximate surface area is 90.6 Å². The summed E-state index contributed by atoms with van der Waals surface area (Å²) < 4.78 is 0. The standard InChI is InChI=1S/C12H18N2O/c1-3-4-10-5-7-11(8-6-10)9(2)12(15)14-13/h5-9H,3-4,13H2,1-2H3,(H,14,15). The van der Waals surface area contributed by atoms with Crippen molar-refractivity contribution in [1.82, 2.24) is 5.43 Å². The average Bonchev–Trinajstić information content (AvgIpc) is 2.28. The third-order valence-electron chi connectivity index (χ3n) is 2.55. The molecule has 15 heavy (non-hydrogen) atoms. The van der Waals surface area contributed by atoms with E-state index in [4.69, 9.17) is 5.84 Å². The number of nitrogens with one attached hydrogen (secondary N) is 1. The van der Waals surface area contributed by atoms with Gasteiger partial charge in [0.25, 0.3) is 0 Å². The van der Waals surface area contributed by atoms with Gasteiger partial charge in [0.05, 0.1) is 5.92 Å². The van der Waals surface area contributed by atoms with Crippen molar-refractivity contribution in [2.24, 2.45) is 5.84 Å². The molecule has 0 spiro atoms. The van der Waals surface area contributed by atoms with E-state index in [1.165, 1.54) is 5.56 Å². The van der Waals surface area contributed by atoms with Gasteiger partial charge in [0, 0.05) is 0 Å². The molecule has 1 atom stereocenters. The van der Waals surface area contributed by atoms with Crippen LogP contribution in [0.15, 0.2) is 24.3 Å². The Morgan fingerprint density at radius 1 is 1.40 bits per heavy atom. The molecule has 82 valence electrons. The van der Waals surface area contributed by atoms with Crippen LogP contribution in [0, 0.1) is 0 Å².